The number of carbonyl (C=O) groups is 2. The molecule has 3 rings (SSSR count). The zero-order valence-electron chi connectivity index (χ0n) is 17.4. The van der Waals surface area contributed by atoms with E-state index in [0.29, 0.717) is 36.8 Å². The molecular formula is C23H27N3O3S. The number of hydrogen-bond acceptors (Lipinski definition) is 4. The number of amides is 1. The molecule has 1 aliphatic rings. The second-order valence-electron chi connectivity index (χ2n) is 7.25. The maximum Gasteiger partial charge on any atom is 0.338 e. The standard InChI is InChI=1S/C23H27N3O3S/c1-3-29-22(28)17-10-11-20(16(2)13-17)25-23(30)24-14-18-7-4-5-8-19(18)15-26-12-6-9-21(26)27/h4-5,7-8,10-11,13H,3,6,9,12,14-15H2,1-2H3,(H2,24,25,30). The minimum atomic E-state index is -0.332. The summed E-state index contributed by atoms with van der Waals surface area (Å²) in [5, 5.41) is 6.91. The van der Waals surface area contributed by atoms with Crippen molar-refractivity contribution in [2.24, 2.45) is 0 Å². The monoisotopic (exact) mass is 425 g/mol. The molecule has 2 aromatic rings. The van der Waals surface area contributed by atoms with E-state index in [9.17, 15) is 9.59 Å². The Labute approximate surface area is 182 Å². The molecule has 2 N–H and O–H groups in total. The summed E-state index contributed by atoms with van der Waals surface area (Å²) in [5.41, 5.74) is 4.48. The maximum atomic E-state index is 11.9. The van der Waals surface area contributed by atoms with Gasteiger partial charge in [-0.2, -0.15) is 0 Å². The van der Waals surface area contributed by atoms with Gasteiger partial charge in [-0.25, -0.2) is 4.79 Å². The lowest BCUT2D eigenvalue weighted by molar-refractivity contribution is -0.128. The highest BCUT2D eigenvalue weighted by Gasteiger charge is 2.20. The number of carbonyl (C=O) groups excluding carboxylic acids is 2. The summed E-state index contributed by atoms with van der Waals surface area (Å²) in [5.74, 6) is -0.113. The van der Waals surface area contributed by atoms with Crippen LogP contribution in [0.25, 0.3) is 0 Å². The fourth-order valence-corrected chi connectivity index (χ4v) is 3.63. The fourth-order valence-electron chi connectivity index (χ4n) is 3.45. The highest BCUT2D eigenvalue weighted by Crippen LogP contribution is 2.19. The first-order valence-electron chi connectivity index (χ1n) is 10.1. The van der Waals surface area contributed by atoms with Gasteiger partial charge in [0.05, 0.1) is 12.2 Å². The van der Waals surface area contributed by atoms with E-state index in [1.54, 1.807) is 19.1 Å². The van der Waals surface area contributed by atoms with Gasteiger partial charge < -0.3 is 20.3 Å². The number of thiocarbonyl (C=S) groups is 1. The number of esters is 1. The van der Waals surface area contributed by atoms with E-state index in [0.717, 1.165) is 35.3 Å². The normalized spacial score (nSPS) is 13.3. The third-order valence-electron chi connectivity index (χ3n) is 5.08. The summed E-state index contributed by atoms with van der Waals surface area (Å²) in [4.78, 5) is 25.7. The molecule has 0 radical (unpaired) electrons. The minimum Gasteiger partial charge on any atom is -0.462 e. The Morgan fingerprint density at radius 2 is 1.97 bits per heavy atom. The first kappa shape index (κ1) is 21.8. The van der Waals surface area contributed by atoms with E-state index >= 15 is 0 Å². The SMILES string of the molecule is CCOC(=O)c1ccc(NC(=S)NCc2ccccc2CN2CCCC2=O)c(C)c1. The van der Waals surface area contributed by atoms with Crippen molar-refractivity contribution in [3.8, 4) is 0 Å². The van der Waals surface area contributed by atoms with Crippen molar-refractivity contribution >= 4 is 34.9 Å². The molecule has 1 heterocycles. The predicted molar refractivity (Wildman–Crippen MR) is 121 cm³/mol. The summed E-state index contributed by atoms with van der Waals surface area (Å²) in [7, 11) is 0. The van der Waals surface area contributed by atoms with Crippen molar-refractivity contribution in [3.63, 3.8) is 0 Å². The number of nitrogens with zero attached hydrogens (tertiary/aromatic N) is 1. The van der Waals surface area contributed by atoms with E-state index in [1.165, 1.54) is 0 Å². The molecule has 158 valence electrons. The molecule has 1 fully saturated rings. The zero-order chi connectivity index (χ0) is 21.5. The molecule has 6 nitrogen and oxygen atoms in total. The summed E-state index contributed by atoms with van der Waals surface area (Å²) in [6, 6.07) is 13.4. The van der Waals surface area contributed by atoms with Gasteiger partial charge >= 0.3 is 5.97 Å². The first-order valence-corrected chi connectivity index (χ1v) is 10.6. The predicted octanol–water partition coefficient (Wildman–Crippen LogP) is 3.78. The lowest BCUT2D eigenvalue weighted by atomic mass is 10.1. The molecule has 0 unspecified atom stereocenters. The number of likely N-dealkylation sites (tertiary alicyclic amines) is 1. The van der Waals surface area contributed by atoms with E-state index in [-0.39, 0.29) is 11.9 Å². The Bertz CT molecular complexity index is 945. The van der Waals surface area contributed by atoms with Gasteiger partial charge in [-0.3, -0.25) is 4.79 Å². The smallest absolute Gasteiger partial charge is 0.338 e. The van der Waals surface area contributed by atoms with E-state index in [1.807, 2.05) is 36.1 Å². The number of nitrogens with one attached hydrogen (secondary N) is 2. The highest BCUT2D eigenvalue weighted by atomic mass is 32.1. The van der Waals surface area contributed by atoms with Crippen LogP contribution in [0, 0.1) is 6.92 Å². The summed E-state index contributed by atoms with van der Waals surface area (Å²) in [6.45, 7) is 6.05. The molecule has 0 spiro atoms. The summed E-state index contributed by atoms with van der Waals surface area (Å²) in [6.07, 6.45) is 1.57. The molecule has 0 atom stereocenters. The topological polar surface area (TPSA) is 70.7 Å². The average molecular weight is 426 g/mol. The molecule has 1 aliphatic heterocycles. The number of benzene rings is 2. The minimum absolute atomic E-state index is 0.219. The number of aryl methyl sites for hydroxylation is 1. The lowest BCUT2D eigenvalue weighted by Crippen LogP contribution is -2.29. The fraction of sp³-hybridized carbons (Fsp3) is 0.348. The van der Waals surface area contributed by atoms with Gasteiger partial charge in [0.25, 0.3) is 0 Å². The van der Waals surface area contributed by atoms with Crippen LogP contribution in [0.1, 0.15) is 46.8 Å². The van der Waals surface area contributed by atoms with Gasteiger partial charge in [0.15, 0.2) is 5.11 Å². The van der Waals surface area contributed by atoms with Crippen molar-refractivity contribution in [1.29, 1.82) is 0 Å². The Hall–Kier alpha value is -2.93. The molecule has 7 heteroatoms. The molecule has 0 aromatic heterocycles. The lowest BCUT2D eigenvalue weighted by Gasteiger charge is -2.19. The molecule has 0 saturated carbocycles. The van der Waals surface area contributed by atoms with Crippen LogP contribution in [0.15, 0.2) is 42.5 Å². The Kier molecular flexibility index (Phi) is 7.41. The van der Waals surface area contributed by atoms with Crippen LogP contribution < -0.4 is 10.6 Å². The zero-order valence-corrected chi connectivity index (χ0v) is 18.2. The molecular weight excluding hydrogens is 398 g/mol. The number of ether oxygens (including phenoxy) is 1. The largest absolute Gasteiger partial charge is 0.462 e. The molecule has 0 bridgehead atoms. The summed E-state index contributed by atoms with van der Waals surface area (Å²) < 4.78 is 5.03. The van der Waals surface area contributed by atoms with Crippen molar-refractivity contribution in [1.82, 2.24) is 10.2 Å². The van der Waals surface area contributed by atoms with Gasteiger partial charge in [-0.05, 0) is 67.4 Å². The van der Waals surface area contributed by atoms with E-state index < -0.39 is 0 Å². The number of hydrogen-bond donors (Lipinski definition) is 2. The molecule has 2 aromatic carbocycles. The molecule has 1 amide bonds. The highest BCUT2D eigenvalue weighted by molar-refractivity contribution is 7.80. The van der Waals surface area contributed by atoms with Gasteiger partial charge in [-0.1, -0.05) is 24.3 Å². The molecule has 0 aliphatic carbocycles. The molecule has 1 saturated heterocycles. The van der Waals surface area contributed by atoms with Crippen LogP contribution in [-0.4, -0.2) is 35.0 Å². The van der Waals surface area contributed by atoms with Gasteiger partial charge in [0, 0.05) is 31.7 Å². The Morgan fingerprint density at radius 3 is 2.63 bits per heavy atom. The Morgan fingerprint density at radius 1 is 1.20 bits per heavy atom. The second kappa shape index (κ2) is 10.2. The maximum absolute atomic E-state index is 11.9. The van der Waals surface area contributed by atoms with Gasteiger partial charge in [-0.15, -0.1) is 0 Å². The Balaban J connectivity index is 1.59. The average Bonchev–Trinajstić information content (AvgIpc) is 3.13. The van der Waals surface area contributed by atoms with Crippen molar-refractivity contribution < 1.29 is 14.3 Å². The van der Waals surface area contributed by atoms with Crippen LogP contribution in [0.2, 0.25) is 0 Å². The third kappa shape index (κ3) is 5.57. The van der Waals surface area contributed by atoms with Crippen LogP contribution in [-0.2, 0) is 22.6 Å². The van der Waals surface area contributed by atoms with Crippen molar-refractivity contribution in [2.75, 3.05) is 18.5 Å². The van der Waals surface area contributed by atoms with Crippen LogP contribution in [0.5, 0.6) is 0 Å². The van der Waals surface area contributed by atoms with Crippen molar-refractivity contribution in [2.45, 2.75) is 39.8 Å². The van der Waals surface area contributed by atoms with Crippen LogP contribution >= 0.6 is 12.2 Å². The quantitative estimate of drug-likeness (QED) is 0.520. The van der Waals surface area contributed by atoms with Gasteiger partial charge in [0.2, 0.25) is 5.91 Å². The number of anilines is 1. The first-order chi connectivity index (χ1) is 14.5. The van der Waals surface area contributed by atoms with Crippen molar-refractivity contribution in [3.05, 3.63) is 64.7 Å². The van der Waals surface area contributed by atoms with Gasteiger partial charge in [0.1, 0.15) is 0 Å². The summed E-state index contributed by atoms with van der Waals surface area (Å²) >= 11 is 5.45. The van der Waals surface area contributed by atoms with E-state index in [4.69, 9.17) is 17.0 Å². The second-order valence-corrected chi connectivity index (χ2v) is 7.65. The van der Waals surface area contributed by atoms with Crippen LogP contribution in [0.3, 0.4) is 0 Å². The number of rotatable bonds is 7. The molecule has 30 heavy (non-hydrogen) atoms. The van der Waals surface area contributed by atoms with Crippen LogP contribution in [0.4, 0.5) is 5.69 Å². The third-order valence-corrected chi connectivity index (χ3v) is 5.32. The van der Waals surface area contributed by atoms with E-state index in [2.05, 4.69) is 16.7 Å².